The van der Waals surface area contributed by atoms with E-state index in [0.717, 1.165) is 37.8 Å². The van der Waals surface area contributed by atoms with E-state index in [9.17, 15) is 9.59 Å². The summed E-state index contributed by atoms with van der Waals surface area (Å²) in [5.74, 6) is 1.07. The highest BCUT2D eigenvalue weighted by molar-refractivity contribution is 5.86. The number of amides is 2. The van der Waals surface area contributed by atoms with E-state index in [1.165, 1.54) is 0 Å². The van der Waals surface area contributed by atoms with Crippen LogP contribution in [-0.2, 0) is 16.0 Å². The van der Waals surface area contributed by atoms with Gasteiger partial charge in [0.1, 0.15) is 0 Å². The van der Waals surface area contributed by atoms with Crippen LogP contribution < -0.4 is 5.32 Å². The van der Waals surface area contributed by atoms with Gasteiger partial charge in [-0.25, -0.2) is 0 Å². The fourth-order valence-corrected chi connectivity index (χ4v) is 4.47. The molecule has 0 saturated carbocycles. The number of aromatic nitrogens is 3. The predicted octanol–water partition coefficient (Wildman–Crippen LogP) is 1.97. The summed E-state index contributed by atoms with van der Waals surface area (Å²) in [4.78, 5) is 35.7. The molecule has 148 valence electrons. The first-order chi connectivity index (χ1) is 13.6. The Hall–Kier alpha value is -2.77. The van der Waals surface area contributed by atoms with E-state index in [4.69, 9.17) is 4.52 Å². The zero-order valence-corrected chi connectivity index (χ0v) is 16.1. The monoisotopic (exact) mass is 383 g/mol. The molecule has 8 heteroatoms. The number of likely N-dealkylation sites (tertiary alicyclic amines) is 1. The number of nitrogens with zero attached hydrogens (tertiary/aromatic N) is 4. The van der Waals surface area contributed by atoms with Crippen LogP contribution in [0.15, 0.2) is 29.0 Å². The Morgan fingerprint density at radius 1 is 1.32 bits per heavy atom. The molecule has 1 spiro atoms. The number of rotatable bonds is 4. The van der Waals surface area contributed by atoms with Gasteiger partial charge in [0.2, 0.25) is 23.5 Å². The summed E-state index contributed by atoms with van der Waals surface area (Å²) < 4.78 is 5.29. The Morgan fingerprint density at radius 3 is 2.89 bits per heavy atom. The number of carbonyl (C=O) groups is 2. The highest BCUT2D eigenvalue weighted by Gasteiger charge is 2.49. The highest BCUT2D eigenvalue weighted by atomic mass is 16.5. The van der Waals surface area contributed by atoms with Gasteiger partial charge in [-0.1, -0.05) is 5.16 Å². The Bertz CT molecular complexity index is 849. The number of aryl methyl sites for hydroxylation is 1. The van der Waals surface area contributed by atoms with E-state index in [1.807, 2.05) is 24.0 Å². The zero-order valence-electron chi connectivity index (χ0n) is 16.1. The number of nitrogens with one attached hydrogen (secondary N) is 1. The van der Waals surface area contributed by atoms with E-state index in [-0.39, 0.29) is 17.9 Å². The van der Waals surface area contributed by atoms with Crippen molar-refractivity contribution in [2.75, 3.05) is 13.1 Å². The molecule has 2 aromatic rings. The summed E-state index contributed by atoms with van der Waals surface area (Å²) in [6, 6.07) is 3.53. The van der Waals surface area contributed by atoms with Gasteiger partial charge in [0.05, 0.1) is 5.41 Å². The highest BCUT2D eigenvalue weighted by Crippen LogP contribution is 2.42. The zero-order chi connectivity index (χ0) is 19.6. The van der Waals surface area contributed by atoms with Gasteiger partial charge in [-0.2, -0.15) is 4.98 Å². The minimum absolute atomic E-state index is 0.0357. The normalized spacial score (nSPS) is 25.0. The lowest BCUT2D eigenvalue weighted by Crippen LogP contribution is -2.61. The minimum Gasteiger partial charge on any atom is -0.356 e. The average Bonchev–Trinajstić information content (AvgIpc) is 3.20. The quantitative estimate of drug-likeness (QED) is 0.866. The predicted molar refractivity (Wildman–Crippen MR) is 101 cm³/mol. The molecule has 28 heavy (non-hydrogen) atoms. The molecule has 2 aromatic heterocycles. The van der Waals surface area contributed by atoms with Crippen molar-refractivity contribution in [3.63, 3.8) is 0 Å². The average molecular weight is 383 g/mol. The Balaban J connectivity index is 1.40. The molecule has 0 aromatic carbocycles. The molecule has 0 radical (unpaired) electrons. The molecule has 2 aliphatic rings. The van der Waals surface area contributed by atoms with Crippen LogP contribution in [0.2, 0.25) is 0 Å². The van der Waals surface area contributed by atoms with E-state index < -0.39 is 5.41 Å². The van der Waals surface area contributed by atoms with Crippen LogP contribution in [0.4, 0.5) is 0 Å². The third-order valence-electron chi connectivity index (χ3n) is 6.11. The Labute approximate surface area is 163 Å². The van der Waals surface area contributed by atoms with Gasteiger partial charge in [0.25, 0.3) is 0 Å². The standard InChI is InChI=1S/C20H25N5O3/c1-14-20(8-2-10-22-19(20)27)9-3-13-25(14)17(26)5-4-16-23-18(24-28-16)15-6-11-21-12-7-15/h6-7,11-12,14H,2-5,8-10,13H2,1H3,(H,22,27)/t14-,20-/m0/s1. The third-order valence-corrected chi connectivity index (χ3v) is 6.11. The number of carbonyl (C=O) groups excluding carboxylic acids is 2. The summed E-state index contributed by atoms with van der Waals surface area (Å²) in [6.45, 7) is 3.44. The van der Waals surface area contributed by atoms with Gasteiger partial charge < -0.3 is 14.7 Å². The van der Waals surface area contributed by atoms with Crippen LogP contribution in [0.5, 0.6) is 0 Å². The van der Waals surface area contributed by atoms with Crippen LogP contribution in [0.3, 0.4) is 0 Å². The van der Waals surface area contributed by atoms with Crippen LogP contribution in [0.1, 0.15) is 44.9 Å². The van der Waals surface area contributed by atoms with Crippen molar-refractivity contribution < 1.29 is 14.1 Å². The summed E-state index contributed by atoms with van der Waals surface area (Å²) in [6.07, 6.45) is 7.55. The third kappa shape index (κ3) is 3.39. The fourth-order valence-electron chi connectivity index (χ4n) is 4.47. The van der Waals surface area contributed by atoms with E-state index in [1.54, 1.807) is 12.4 Å². The molecular weight excluding hydrogens is 358 g/mol. The molecule has 0 bridgehead atoms. The molecule has 2 saturated heterocycles. The van der Waals surface area contributed by atoms with Crippen molar-refractivity contribution >= 4 is 11.8 Å². The van der Waals surface area contributed by atoms with Gasteiger partial charge in [-0.05, 0) is 44.7 Å². The molecule has 0 unspecified atom stereocenters. The van der Waals surface area contributed by atoms with Crippen molar-refractivity contribution in [3.8, 4) is 11.4 Å². The smallest absolute Gasteiger partial charge is 0.228 e. The summed E-state index contributed by atoms with van der Waals surface area (Å²) in [5, 5.41) is 6.97. The largest absolute Gasteiger partial charge is 0.356 e. The van der Waals surface area contributed by atoms with Gasteiger partial charge in [-0.15, -0.1) is 0 Å². The van der Waals surface area contributed by atoms with Crippen LogP contribution >= 0.6 is 0 Å². The molecule has 2 aliphatic heterocycles. The van der Waals surface area contributed by atoms with Crippen LogP contribution in [0.25, 0.3) is 11.4 Å². The van der Waals surface area contributed by atoms with Crippen molar-refractivity contribution in [3.05, 3.63) is 30.4 Å². The van der Waals surface area contributed by atoms with Crippen LogP contribution in [0, 0.1) is 5.41 Å². The summed E-state index contributed by atoms with van der Waals surface area (Å²) >= 11 is 0. The van der Waals surface area contributed by atoms with E-state index in [0.29, 0.717) is 31.1 Å². The second kappa shape index (κ2) is 7.69. The first-order valence-corrected chi connectivity index (χ1v) is 9.91. The maximum atomic E-state index is 12.9. The molecule has 2 amide bonds. The topological polar surface area (TPSA) is 101 Å². The summed E-state index contributed by atoms with van der Waals surface area (Å²) in [7, 11) is 0. The molecule has 4 rings (SSSR count). The summed E-state index contributed by atoms with van der Waals surface area (Å²) in [5.41, 5.74) is 0.386. The van der Waals surface area contributed by atoms with Gasteiger partial charge in [0.15, 0.2) is 0 Å². The first-order valence-electron chi connectivity index (χ1n) is 9.91. The van der Waals surface area contributed by atoms with Gasteiger partial charge >= 0.3 is 0 Å². The first kappa shape index (κ1) is 18.6. The van der Waals surface area contributed by atoms with Crippen molar-refractivity contribution in [2.24, 2.45) is 5.41 Å². The second-order valence-corrected chi connectivity index (χ2v) is 7.63. The Kier molecular flexibility index (Phi) is 5.11. The minimum atomic E-state index is -0.439. The lowest BCUT2D eigenvalue weighted by atomic mass is 9.68. The molecular formula is C20H25N5O3. The molecule has 2 atom stereocenters. The number of piperidine rings is 2. The maximum Gasteiger partial charge on any atom is 0.228 e. The Morgan fingerprint density at radius 2 is 2.11 bits per heavy atom. The van der Waals surface area contributed by atoms with Crippen LogP contribution in [-0.4, -0.2) is 51.0 Å². The van der Waals surface area contributed by atoms with Crippen molar-refractivity contribution in [1.82, 2.24) is 25.3 Å². The molecule has 4 heterocycles. The van der Waals surface area contributed by atoms with Crippen molar-refractivity contribution in [1.29, 1.82) is 0 Å². The van der Waals surface area contributed by atoms with Gasteiger partial charge in [-0.3, -0.25) is 14.6 Å². The second-order valence-electron chi connectivity index (χ2n) is 7.63. The molecule has 2 fully saturated rings. The maximum absolute atomic E-state index is 12.9. The van der Waals surface area contributed by atoms with E-state index in [2.05, 4.69) is 20.4 Å². The van der Waals surface area contributed by atoms with Crippen molar-refractivity contribution in [2.45, 2.75) is 51.5 Å². The van der Waals surface area contributed by atoms with Gasteiger partial charge in [0, 0.05) is 49.9 Å². The number of hydrogen-bond acceptors (Lipinski definition) is 6. The van der Waals surface area contributed by atoms with E-state index >= 15 is 0 Å². The molecule has 8 nitrogen and oxygen atoms in total. The molecule has 0 aliphatic carbocycles. The SMILES string of the molecule is C[C@@H]1N(C(=O)CCc2nc(-c3ccncc3)no2)CCC[C@@]12CCCNC2=O. The lowest BCUT2D eigenvalue weighted by Gasteiger charge is -2.49. The fraction of sp³-hybridized carbons (Fsp3) is 0.550. The molecule has 1 N–H and O–H groups in total. The number of hydrogen-bond donors (Lipinski definition) is 1. The number of pyridine rings is 1. The lowest BCUT2D eigenvalue weighted by molar-refractivity contribution is -0.149.